The number of carboxylic acid groups (broad SMARTS) is 1. The topological polar surface area (TPSA) is 117 Å². The summed E-state index contributed by atoms with van der Waals surface area (Å²) >= 11 is 0. The number of carbonyl (C=O) groups excluding carboxylic acids is 1. The molecule has 9 nitrogen and oxygen atoms in total. The van der Waals surface area contributed by atoms with Gasteiger partial charge in [0.1, 0.15) is 0 Å². The molecule has 2 amide bonds. The van der Waals surface area contributed by atoms with Gasteiger partial charge in [0.2, 0.25) is 0 Å². The average molecular weight is 398 g/mol. The monoisotopic (exact) mass is 398 g/mol. The van der Waals surface area contributed by atoms with Gasteiger partial charge < -0.3 is 19.7 Å². The number of hydrogen-bond donors (Lipinski definition) is 3. The zero-order valence-corrected chi connectivity index (χ0v) is 16.1. The minimum atomic E-state index is -1.16. The Morgan fingerprint density at radius 1 is 1.17 bits per heavy atom. The lowest BCUT2D eigenvalue weighted by Crippen LogP contribution is -2.31. The standard InChI is InChI=1S/C20H22N4O5/c1-23(2)9-8-21-18(25)14-6-7-16-17(11-14)29-20(28)24(16)12-13-4-3-5-15(10-13)22-19(26)27/h3-7,10-11,22H,8-9,12H2,1-2H3,(H,21,25)(H,26,27). The van der Waals surface area contributed by atoms with Crippen LogP contribution in [0.3, 0.4) is 0 Å². The summed E-state index contributed by atoms with van der Waals surface area (Å²) in [6.07, 6.45) is -1.16. The van der Waals surface area contributed by atoms with Crippen LogP contribution in [0.4, 0.5) is 10.5 Å². The molecular formula is C20H22N4O5. The molecule has 29 heavy (non-hydrogen) atoms. The smallest absolute Gasteiger partial charge is 0.420 e. The number of nitrogens with one attached hydrogen (secondary N) is 2. The van der Waals surface area contributed by atoms with Crippen LogP contribution in [-0.4, -0.2) is 53.8 Å². The van der Waals surface area contributed by atoms with Gasteiger partial charge >= 0.3 is 11.8 Å². The first-order valence-corrected chi connectivity index (χ1v) is 8.98. The van der Waals surface area contributed by atoms with Crippen molar-refractivity contribution in [2.45, 2.75) is 6.54 Å². The molecule has 9 heteroatoms. The summed E-state index contributed by atoms with van der Waals surface area (Å²) < 4.78 is 6.74. The normalized spacial score (nSPS) is 11.0. The predicted molar refractivity (Wildman–Crippen MR) is 109 cm³/mol. The van der Waals surface area contributed by atoms with Crippen molar-refractivity contribution in [3.8, 4) is 0 Å². The number of aromatic nitrogens is 1. The highest BCUT2D eigenvalue weighted by molar-refractivity contribution is 5.97. The number of anilines is 1. The number of amides is 2. The second kappa shape index (κ2) is 8.61. The van der Waals surface area contributed by atoms with Gasteiger partial charge in [-0.2, -0.15) is 0 Å². The van der Waals surface area contributed by atoms with Crippen molar-refractivity contribution in [2.24, 2.45) is 0 Å². The molecule has 0 fully saturated rings. The van der Waals surface area contributed by atoms with E-state index in [2.05, 4.69) is 10.6 Å². The van der Waals surface area contributed by atoms with Gasteiger partial charge in [0.05, 0.1) is 12.1 Å². The summed E-state index contributed by atoms with van der Waals surface area (Å²) in [5.74, 6) is -0.793. The maximum absolute atomic E-state index is 12.3. The lowest BCUT2D eigenvalue weighted by Gasteiger charge is -2.10. The number of hydrogen-bond acceptors (Lipinski definition) is 5. The zero-order valence-electron chi connectivity index (χ0n) is 16.1. The third-order valence-corrected chi connectivity index (χ3v) is 4.29. The second-order valence-electron chi connectivity index (χ2n) is 6.83. The average Bonchev–Trinajstić information content (AvgIpc) is 2.95. The molecule has 0 atom stereocenters. The summed E-state index contributed by atoms with van der Waals surface area (Å²) in [4.78, 5) is 37.3. The molecule has 2 aromatic carbocycles. The summed E-state index contributed by atoms with van der Waals surface area (Å²) in [7, 11) is 3.84. The van der Waals surface area contributed by atoms with Crippen LogP contribution < -0.4 is 16.4 Å². The summed E-state index contributed by atoms with van der Waals surface area (Å²) in [5.41, 5.74) is 2.41. The van der Waals surface area contributed by atoms with E-state index in [9.17, 15) is 14.4 Å². The van der Waals surface area contributed by atoms with Gasteiger partial charge in [-0.05, 0) is 50.0 Å². The minimum Gasteiger partial charge on any atom is -0.465 e. The fourth-order valence-corrected chi connectivity index (χ4v) is 2.91. The van der Waals surface area contributed by atoms with Gasteiger partial charge in [0, 0.05) is 24.3 Å². The van der Waals surface area contributed by atoms with Gasteiger partial charge in [-0.3, -0.25) is 14.7 Å². The maximum Gasteiger partial charge on any atom is 0.420 e. The van der Waals surface area contributed by atoms with E-state index in [1.807, 2.05) is 19.0 Å². The van der Waals surface area contributed by atoms with Crippen molar-refractivity contribution in [1.29, 1.82) is 0 Å². The molecule has 0 aliphatic carbocycles. The number of carbonyl (C=O) groups is 2. The number of oxazole rings is 1. The summed E-state index contributed by atoms with van der Waals surface area (Å²) in [6.45, 7) is 1.43. The van der Waals surface area contributed by atoms with E-state index in [4.69, 9.17) is 9.52 Å². The molecule has 0 aliphatic rings. The van der Waals surface area contributed by atoms with E-state index < -0.39 is 11.8 Å². The SMILES string of the molecule is CN(C)CCNC(=O)c1ccc2c(c1)oc(=O)n2Cc1cccc(NC(=O)O)c1. The van der Waals surface area contributed by atoms with Crippen LogP contribution in [0, 0.1) is 0 Å². The molecule has 1 heterocycles. The van der Waals surface area contributed by atoms with Crippen molar-refractivity contribution in [2.75, 3.05) is 32.5 Å². The molecule has 0 spiro atoms. The van der Waals surface area contributed by atoms with E-state index >= 15 is 0 Å². The molecule has 0 radical (unpaired) electrons. The van der Waals surface area contributed by atoms with E-state index in [0.29, 0.717) is 28.9 Å². The van der Waals surface area contributed by atoms with Crippen LogP contribution in [0.1, 0.15) is 15.9 Å². The van der Waals surface area contributed by atoms with Crippen LogP contribution in [0.5, 0.6) is 0 Å². The Kier molecular flexibility index (Phi) is 5.99. The Balaban J connectivity index is 1.82. The Bertz CT molecular complexity index is 1100. The third kappa shape index (κ3) is 5.02. The molecule has 152 valence electrons. The Hall–Kier alpha value is -3.59. The van der Waals surface area contributed by atoms with Crippen molar-refractivity contribution in [1.82, 2.24) is 14.8 Å². The van der Waals surface area contributed by atoms with Crippen molar-refractivity contribution < 1.29 is 19.1 Å². The number of rotatable bonds is 7. The molecule has 3 aromatic rings. The van der Waals surface area contributed by atoms with Gasteiger partial charge in [-0.25, -0.2) is 9.59 Å². The number of benzene rings is 2. The predicted octanol–water partition coefficient (Wildman–Crippen LogP) is 2.02. The van der Waals surface area contributed by atoms with E-state index in [0.717, 1.165) is 12.1 Å². The fourth-order valence-electron chi connectivity index (χ4n) is 2.91. The molecule has 0 saturated carbocycles. The van der Waals surface area contributed by atoms with Gasteiger partial charge in [0.15, 0.2) is 5.58 Å². The molecule has 0 saturated heterocycles. The van der Waals surface area contributed by atoms with Gasteiger partial charge in [0.25, 0.3) is 5.91 Å². The zero-order chi connectivity index (χ0) is 21.0. The van der Waals surface area contributed by atoms with E-state index in [-0.39, 0.29) is 12.5 Å². The highest BCUT2D eigenvalue weighted by atomic mass is 16.4. The Labute approximate surface area is 166 Å². The summed E-state index contributed by atoms with van der Waals surface area (Å²) in [6, 6.07) is 11.6. The Morgan fingerprint density at radius 3 is 2.69 bits per heavy atom. The second-order valence-corrected chi connectivity index (χ2v) is 6.83. The third-order valence-electron chi connectivity index (χ3n) is 4.29. The van der Waals surface area contributed by atoms with Crippen LogP contribution in [0.15, 0.2) is 51.7 Å². The molecule has 0 bridgehead atoms. The molecule has 0 aliphatic heterocycles. The first-order valence-electron chi connectivity index (χ1n) is 8.98. The molecular weight excluding hydrogens is 376 g/mol. The minimum absolute atomic E-state index is 0.204. The van der Waals surface area contributed by atoms with Crippen LogP contribution in [-0.2, 0) is 6.54 Å². The van der Waals surface area contributed by atoms with Crippen LogP contribution in [0.25, 0.3) is 11.1 Å². The quantitative estimate of drug-likeness (QED) is 0.561. The fraction of sp³-hybridized carbons (Fsp3) is 0.250. The highest BCUT2D eigenvalue weighted by Crippen LogP contribution is 2.18. The number of nitrogens with zero attached hydrogens (tertiary/aromatic N) is 2. The molecule has 3 N–H and O–H groups in total. The molecule has 3 rings (SSSR count). The lowest BCUT2D eigenvalue weighted by molar-refractivity contribution is 0.0951. The van der Waals surface area contributed by atoms with Crippen LogP contribution >= 0.6 is 0 Å². The summed E-state index contributed by atoms with van der Waals surface area (Å²) in [5, 5.41) is 13.9. The van der Waals surface area contributed by atoms with E-state index in [1.54, 1.807) is 42.5 Å². The Morgan fingerprint density at radius 2 is 1.97 bits per heavy atom. The van der Waals surface area contributed by atoms with Gasteiger partial charge in [-0.15, -0.1) is 0 Å². The first kappa shape index (κ1) is 20.2. The molecule has 0 unspecified atom stereocenters. The van der Waals surface area contributed by atoms with Crippen molar-refractivity contribution >= 4 is 28.8 Å². The number of likely N-dealkylation sites (N-methyl/N-ethyl adjacent to an activating group) is 1. The van der Waals surface area contributed by atoms with Gasteiger partial charge in [-0.1, -0.05) is 12.1 Å². The maximum atomic E-state index is 12.3. The first-order chi connectivity index (χ1) is 13.8. The van der Waals surface area contributed by atoms with E-state index in [1.165, 1.54) is 4.57 Å². The largest absolute Gasteiger partial charge is 0.465 e. The molecule has 1 aromatic heterocycles. The van der Waals surface area contributed by atoms with Crippen molar-refractivity contribution in [3.05, 3.63) is 64.1 Å². The lowest BCUT2D eigenvalue weighted by atomic mass is 10.1. The highest BCUT2D eigenvalue weighted by Gasteiger charge is 2.13. The van der Waals surface area contributed by atoms with Crippen molar-refractivity contribution in [3.63, 3.8) is 0 Å². The van der Waals surface area contributed by atoms with Crippen LogP contribution in [0.2, 0.25) is 0 Å². The number of fused-ring (bicyclic) bond motifs is 1.